The summed E-state index contributed by atoms with van der Waals surface area (Å²) in [7, 11) is 0. The van der Waals surface area contributed by atoms with Crippen LogP contribution < -0.4 is 0 Å². The fourth-order valence-corrected chi connectivity index (χ4v) is 1.82. The molecular weight excluding hydrogens is 172 g/mol. The van der Waals surface area contributed by atoms with Crippen molar-refractivity contribution in [2.45, 2.75) is 32.8 Å². The van der Waals surface area contributed by atoms with Gasteiger partial charge in [-0.2, -0.15) is 0 Å². The Morgan fingerprint density at radius 1 is 1.21 bits per heavy atom. The SMILES string of the molecule is CC(C)=C1CCC(c2ccccc2)O1. The fraction of sp³-hybridized carbons (Fsp3) is 0.385. The summed E-state index contributed by atoms with van der Waals surface area (Å²) in [6, 6.07) is 10.5. The minimum atomic E-state index is 0.279. The first-order chi connectivity index (χ1) is 6.77. The van der Waals surface area contributed by atoms with Crippen molar-refractivity contribution >= 4 is 0 Å². The number of allylic oxidation sites excluding steroid dienone is 2. The fourth-order valence-electron chi connectivity index (χ4n) is 1.82. The molecule has 1 aromatic rings. The first-order valence-electron chi connectivity index (χ1n) is 5.15. The predicted molar refractivity (Wildman–Crippen MR) is 57.9 cm³/mol. The number of ether oxygens (including phenoxy) is 1. The number of hydrogen-bond acceptors (Lipinski definition) is 1. The van der Waals surface area contributed by atoms with Crippen molar-refractivity contribution in [2.24, 2.45) is 0 Å². The predicted octanol–water partition coefficient (Wildman–Crippen LogP) is 3.83. The maximum absolute atomic E-state index is 5.89. The molecule has 1 aliphatic heterocycles. The molecule has 0 spiro atoms. The van der Waals surface area contributed by atoms with Crippen LogP contribution in [0.2, 0.25) is 0 Å². The van der Waals surface area contributed by atoms with E-state index in [9.17, 15) is 0 Å². The van der Waals surface area contributed by atoms with Gasteiger partial charge >= 0.3 is 0 Å². The number of hydrogen-bond donors (Lipinski definition) is 0. The lowest BCUT2D eigenvalue weighted by atomic mass is 10.1. The van der Waals surface area contributed by atoms with Gasteiger partial charge in [-0.25, -0.2) is 0 Å². The van der Waals surface area contributed by atoms with E-state index in [0.717, 1.165) is 12.8 Å². The highest BCUT2D eigenvalue weighted by atomic mass is 16.5. The zero-order valence-electron chi connectivity index (χ0n) is 8.79. The van der Waals surface area contributed by atoms with Crippen molar-refractivity contribution in [2.75, 3.05) is 0 Å². The molecule has 1 unspecified atom stereocenters. The van der Waals surface area contributed by atoms with Crippen molar-refractivity contribution in [3.05, 3.63) is 47.2 Å². The van der Waals surface area contributed by atoms with Gasteiger partial charge in [0.05, 0.1) is 5.76 Å². The normalized spacial score (nSPS) is 20.7. The van der Waals surface area contributed by atoms with Gasteiger partial charge in [0.1, 0.15) is 6.10 Å². The molecule has 0 N–H and O–H groups in total. The summed E-state index contributed by atoms with van der Waals surface area (Å²) in [6.45, 7) is 4.23. The molecule has 0 aromatic heterocycles. The van der Waals surface area contributed by atoms with Crippen LogP contribution in [0, 0.1) is 0 Å². The summed E-state index contributed by atoms with van der Waals surface area (Å²) in [5, 5.41) is 0. The van der Waals surface area contributed by atoms with Gasteiger partial charge in [0.25, 0.3) is 0 Å². The lowest BCUT2D eigenvalue weighted by molar-refractivity contribution is 0.160. The summed E-state index contributed by atoms with van der Waals surface area (Å²) in [6.07, 6.45) is 2.48. The smallest absolute Gasteiger partial charge is 0.124 e. The third-order valence-corrected chi connectivity index (χ3v) is 2.65. The zero-order chi connectivity index (χ0) is 9.97. The Kier molecular flexibility index (Phi) is 2.58. The first kappa shape index (κ1) is 9.32. The standard InChI is InChI=1S/C13H16O/c1-10(2)12-8-9-13(14-12)11-6-4-3-5-7-11/h3-7,13H,8-9H2,1-2H3. The lowest BCUT2D eigenvalue weighted by Gasteiger charge is -2.11. The zero-order valence-corrected chi connectivity index (χ0v) is 8.79. The van der Waals surface area contributed by atoms with E-state index in [2.05, 4.69) is 38.1 Å². The van der Waals surface area contributed by atoms with E-state index < -0.39 is 0 Å². The van der Waals surface area contributed by atoms with Crippen LogP contribution in [0.5, 0.6) is 0 Å². The van der Waals surface area contributed by atoms with E-state index >= 15 is 0 Å². The van der Waals surface area contributed by atoms with Crippen LogP contribution in [0.15, 0.2) is 41.7 Å². The van der Waals surface area contributed by atoms with Crippen molar-refractivity contribution < 1.29 is 4.74 Å². The molecule has 1 atom stereocenters. The van der Waals surface area contributed by atoms with E-state index in [1.54, 1.807) is 0 Å². The molecule has 1 heteroatoms. The topological polar surface area (TPSA) is 9.23 Å². The second-order valence-electron chi connectivity index (χ2n) is 3.98. The molecule has 1 heterocycles. The largest absolute Gasteiger partial charge is 0.490 e. The number of benzene rings is 1. The second-order valence-corrected chi connectivity index (χ2v) is 3.98. The van der Waals surface area contributed by atoms with Gasteiger partial charge in [-0.3, -0.25) is 0 Å². The van der Waals surface area contributed by atoms with E-state index in [0.29, 0.717) is 0 Å². The van der Waals surface area contributed by atoms with E-state index in [1.165, 1.54) is 16.9 Å². The summed E-state index contributed by atoms with van der Waals surface area (Å²) in [4.78, 5) is 0. The van der Waals surface area contributed by atoms with Gasteiger partial charge in [0.2, 0.25) is 0 Å². The average Bonchev–Trinajstić information content (AvgIpc) is 2.68. The summed E-state index contributed by atoms with van der Waals surface area (Å²) in [5.41, 5.74) is 2.60. The monoisotopic (exact) mass is 188 g/mol. The minimum absolute atomic E-state index is 0.279. The van der Waals surface area contributed by atoms with Crippen molar-refractivity contribution in [3.63, 3.8) is 0 Å². The highest BCUT2D eigenvalue weighted by Crippen LogP contribution is 2.35. The average molecular weight is 188 g/mol. The Morgan fingerprint density at radius 3 is 2.50 bits per heavy atom. The Hall–Kier alpha value is -1.24. The number of rotatable bonds is 1. The van der Waals surface area contributed by atoms with Crippen LogP contribution in [0.25, 0.3) is 0 Å². The van der Waals surface area contributed by atoms with Crippen LogP contribution in [0.4, 0.5) is 0 Å². The maximum atomic E-state index is 5.89. The molecule has 74 valence electrons. The Morgan fingerprint density at radius 2 is 1.93 bits per heavy atom. The van der Waals surface area contributed by atoms with Crippen LogP contribution >= 0.6 is 0 Å². The molecule has 0 saturated carbocycles. The Balaban J connectivity index is 2.14. The molecular formula is C13H16O. The Labute approximate surface area is 85.4 Å². The molecule has 0 amide bonds. The van der Waals surface area contributed by atoms with Gasteiger partial charge in [-0.05, 0) is 31.4 Å². The van der Waals surface area contributed by atoms with Crippen LogP contribution in [-0.2, 0) is 4.74 Å². The highest BCUT2D eigenvalue weighted by Gasteiger charge is 2.22. The van der Waals surface area contributed by atoms with Crippen LogP contribution in [0.3, 0.4) is 0 Å². The quantitative estimate of drug-likeness (QED) is 0.650. The van der Waals surface area contributed by atoms with Crippen LogP contribution in [-0.4, -0.2) is 0 Å². The van der Waals surface area contributed by atoms with Crippen LogP contribution in [0.1, 0.15) is 38.4 Å². The molecule has 0 bridgehead atoms. The molecule has 14 heavy (non-hydrogen) atoms. The molecule has 1 aliphatic rings. The van der Waals surface area contributed by atoms with Gasteiger partial charge in [-0.1, -0.05) is 30.3 Å². The van der Waals surface area contributed by atoms with Crippen molar-refractivity contribution in [3.8, 4) is 0 Å². The molecule has 1 fully saturated rings. The highest BCUT2D eigenvalue weighted by molar-refractivity contribution is 5.20. The first-order valence-corrected chi connectivity index (χ1v) is 5.15. The molecule has 0 radical (unpaired) electrons. The molecule has 1 saturated heterocycles. The van der Waals surface area contributed by atoms with E-state index in [-0.39, 0.29) is 6.10 Å². The summed E-state index contributed by atoms with van der Waals surface area (Å²) < 4.78 is 5.89. The summed E-state index contributed by atoms with van der Waals surface area (Å²) >= 11 is 0. The Bertz CT molecular complexity index is 334. The van der Waals surface area contributed by atoms with Crippen molar-refractivity contribution in [1.29, 1.82) is 0 Å². The van der Waals surface area contributed by atoms with Gasteiger partial charge < -0.3 is 4.74 Å². The molecule has 1 aromatic carbocycles. The van der Waals surface area contributed by atoms with E-state index in [1.807, 2.05) is 6.07 Å². The van der Waals surface area contributed by atoms with E-state index in [4.69, 9.17) is 4.74 Å². The molecule has 1 nitrogen and oxygen atoms in total. The molecule has 2 rings (SSSR count). The lowest BCUT2D eigenvalue weighted by Crippen LogP contribution is -1.94. The minimum Gasteiger partial charge on any atom is -0.490 e. The third-order valence-electron chi connectivity index (χ3n) is 2.65. The van der Waals surface area contributed by atoms with Gasteiger partial charge in [0.15, 0.2) is 0 Å². The van der Waals surface area contributed by atoms with Gasteiger partial charge in [-0.15, -0.1) is 0 Å². The second kappa shape index (κ2) is 3.87. The summed E-state index contributed by atoms with van der Waals surface area (Å²) in [5.74, 6) is 1.18. The third kappa shape index (κ3) is 1.82. The van der Waals surface area contributed by atoms with Crippen molar-refractivity contribution in [1.82, 2.24) is 0 Å². The molecule has 0 aliphatic carbocycles. The van der Waals surface area contributed by atoms with Gasteiger partial charge in [0, 0.05) is 6.42 Å². The maximum Gasteiger partial charge on any atom is 0.124 e.